The van der Waals surface area contributed by atoms with Crippen LogP contribution < -0.4 is 4.72 Å². The lowest BCUT2D eigenvalue weighted by molar-refractivity contribution is 0.150. The molecule has 3 aromatic heterocycles. The van der Waals surface area contributed by atoms with E-state index in [4.69, 9.17) is 10.1 Å². The van der Waals surface area contributed by atoms with Gasteiger partial charge in [-0.15, -0.1) is 10.2 Å². The fourth-order valence-electron chi connectivity index (χ4n) is 6.29. The van der Waals surface area contributed by atoms with Crippen LogP contribution in [-0.2, 0) is 15.6 Å². The number of nitrogens with one attached hydrogen (secondary N) is 1. The third-order valence-electron chi connectivity index (χ3n) is 8.84. The number of hydrogen-bond donors (Lipinski definition) is 1. The van der Waals surface area contributed by atoms with E-state index in [9.17, 15) is 22.5 Å². The summed E-state index contributed by atoms with van der Waals surface area (Å²) in [5.41, 5.74) is 2.08. The van der Waals surface area contributed by atoms with Crippen molar-refractivity contribution in [2.24, 2.45) is 0 Å². The molecule has 0 aliphatic heterocycles. The van der Waals surface area contributed by atoms with Gasteiger partial charge in [-0.05, 0) is 47.7 Å². The van der Waals surface area contributed by atoms with Crippen LogP contribution in [0.3, 0.4) is 0 Å². The molecule has 0 bridgehead atoms. The van der Waals surface area contributed by atoms with E-state index in [-0.39, 0.29) is 15.5 Å². The summed E-state index contributed by atoms with van der Waals surface area (Å²) >= 11 is 0.650. The van der Waals surface area contributed by atoms with Gasteiger partial charge in [-0.2, -0.15) is 15.1 Å². The summed E-state index contributed by atoms with van der Waals surface area (Å²) in [5.74, 6) is 0. The van der Waals surface area contributed by atoms with E-state index < -0.39 is 32.5 Å². The highest BCUT2D eigenvalue weighted by atomic mass is 32.2. The van der Waals surface area contributed by atoms with Gasteiger partial charge in [0, 0.05) is 11.6 Å². The number of fused-ring (bicyclic) bond motifs is 1. The average molecular weight is 705 g/mol. The number of alkyl halides is 2. The molecule has 1 N–H and O–H groups in total. The molecule has 0 amide bonds. The SMILES string of the molecule is N#CC1(NS(=O)(=O)c2ccc3c(-c4cn(C(c5ccccc5)(c5ccccc5)c5ccccc5)cn4)nn(-c4nnc(C(F)F)s4)c3c2)CC1. The minimum absolute atomic E-state index is 0.0291. The fraction of sp³-hybridized carbons (Fsp3) is 0.139. The zero-order valence-corrected chi connectivity index (χ0v) is 27.7. The molecule has 14 heteroatoms. The van der Waals surface area contributed by atoms with Crippen LogP contribution in [0.5, 0.6) is 0 Å². The molecule has 1 fully saturated rings. The molecule has 1 saturated carbocycles. The first kappa shape index (κ1) is 31.6. The van der Waals surface area contributed by atoms with Crippen molar-refractivity contribution in [3.8, 4) is 22.6 Å². The van der Waals surface area contributed by atoms with Gasteiger partial charge in [0.2, 0.25) is 15.2 Å². The van der Waals surface area contributed by atoms with Crippen LogP contribution in [-0.4, -0.2) is 43.5 Å². The molecule has 248 valence electrons. The van der Waals surface area contributed by atoms with Crippen molar-refractivity contribution < 1.29 is 17.2 Å². The molecule has 0 spiro atoms. The molecule has 8 rings (SSSR count). The largest absolute Gasteiger partial charge is 0.318 e. The first-order valence-electron chi connectivity index (χ1n) is 15.6. The van der Waals surface area contributed by atoms with Gasteiger partial charge in [0.15, 0.2) is 5.01 Å². The topological polar surface area (TPSA) is 131 Å². The Bertz CT molecular complexity index is 2390. The molecular formula is C36H26F2N8O2S2. The van der Waals surface area contributed by atoms with Crippen LogP contribution in [0.25, 0.3) is 27.4 Å². The number of hydrogen-bond acceptors (Lipinski definition) is 8. The second kappa shape index (κ2) is 12.1. The van der Waals surface area contributed by atoms with Crippen molar-refractivity contribution in [1.29, 1.82) is 5.26 Å². The van der Waals surface area contributed by atoms with Crippen molar-refractivity contribution in [3.05, 3.63) is 143 Å². The van der Waals surface area contributed by atoms with E-state index in [0.29, 0.717) is 41.0 Å². The van der Waals surface area contributed by atoms with Crippen LogP contribution in [0, 0.1) is 11.3 Å². The van der Waals surface area contributed by atoms with Crippen LogP contribution >= 0.6 is 11.3 Å². The maximum atomic E-state index is 13.6. The maximum Gasteiger partial charge on any atom is 0.291 e. The van der Waals surface area contributed by atoms with E-state index in [1.165, 1.54) is 16.8 Å². The predicted molar refractivity (Wildman–Crippen MR) is 183 cm³/mol. The smallest absolute Gasteiger partial charge is 0.291 e. The monoisotopic (exact) mass is 704 g/mol. The van der Waals surface area contributed by atoms with Gasteiger partial charge in [0.05, 0.1) is 22.8 Å². The molecule has 3 heterocycles. The predicted octanol–water partition coefficient (Wildman–Crippen LogP) is 6.85. The van der Waals surface area contributed by atoms with Gasteiger partial charge < -0.3 is 4.57 Å². The van der Waals surface area contributed by atoms with Crippen molar-refractivity contribution in [2.75, 3.05) is 0 Å². The third-order valence-corrected chi connectivity index (χ3v) is 11.3. The van der Waals surface area contributed by atoms with Gasteiger partial charge in [-0.25, -0.2) is 26.9 Å². The molecule has 1 aliphatic rings. The van der Waals surface area contributed by atoms with Crippen molar-refractivity contribution in [3.63, 3.8) is 0 Å². The zero-order chi connectivity index (χ0) is 34.5. The maximum absolute atomic E-state index is 13.6. The molecule has 50 heavy (non-hydrogen) atoms. The number of sulfonamides is 1. The van der Waals surface area contributed by atoms with Crippen LogP contribution in [0.2, 0.25) is 0 Å². The van der Waals surface area contributed by atoms with Crippen LogP contribution in [0.1, 0.15) is 41.0 Å². The number of nitriles is 1. The Kier molecular flexibility index (Phi) is 7.63. The number of rotatable bonds is 10. The van der Waals surface area contributed by atoms with Crippen molar-refractivity contribution in [2.45, 2.75) is 35.2 Å². The Morgan fingerprint density at radius 2 is 1.48 bits per heavy atom. The van der Waals surface area contributed by atoms with Crippen LogP contribution in [0.15, 0.2) is 127 Å². The lowest BCUT2D eigenvalue weighted by Gasteiger charge is -2.37. The normalized spacial score (nSPS) is 14.2. The lowest BCUT2D eigenvalue weighted by atomic mass is 9.77. The van der Waals surface area contributed by atoms with Gasteiger partial charge >= 0.3 is 0 Å². The quantitative estimate of drug-likeness (QED) is 0.154. The second-order valence-electron chi connectivity index (χ2n) is 11.9. The Labute approximate surface area is 289 Å². The van der Waals surface area contributed by atoms with Gasteiger partial charge in [-0.3, -0.25) is 0 Å². The number of benzene rings is 4. The average Bonchev–Trinajstić information content (AvgIpc) is 3.49. The van der Waals surface area contributed by atoms with Gasteiger partial charge in [0.25, 0.3) is 6.43 Å². The van der Waals surface area contributed by atoms with E-state index in [1.807, 2.05) is 71.4 Å². The molecule has 7 aromatic rings. The fourth-order valence-corrected chi connectivity index (χ4v) is 8.35. The minimum Gasteiger partial charge on any atom is -0.318 e. The van der Waals surface area contributed by atoms with Crippen molar-refractivity contribution >= 4 is 32.3 Å². The summed E-state index contributed by atoms with van der Waals surface area (Å²) < 4.78 is 59.8. The summed E-state index contributed by atoms with van der Waals surface area (Å²) in [5, 5.41) is 21.9. The zero-order valence-electron chi connectivity index (χ0n) is 26.1. The Morgan fingerprint density at radius 1 is 0.880 bits per heavy atom. The Morgan fingerprint density at radius 3 is 2.00 bits per heavy atom. The highest BCUT2D eigenvalue weighted by Crippen LogP contribution is 2.42. The number of halogens is 2. The lowest BCUT2D eigenvalue weighted by Crippen LogP contribution is -2.36. The number of nitrogens with zero attached hydrogens (tertiary/aromatic N) is 7. The molecule has 0 atom stereocenters. The van der Waals surface area contributed by atoms with E-state index in [2.05, 4.69) is 51.3 Å². The van der Waals surface area contributed by atoms with E-state index >= 15 is 0 Å². The summed E-state index contributed by atoms with van der Waals surface area (Å²) in [6.45, 7) is 0. The third kappa shape index (κ3) is 5.27. The summed E-state index contributed by atoms with van der Waals surface area (Å²) in [6, 6.07) is 36.6. The molecular weight excluding hydrogens is 679 g/mol. The summed E-state index contributed by atoms with van der Waals surface area (Å²) in [4.78, 5) is 4.71. The summed E-state index contributed by atoms with van der Waals surface area (Å²) in [7, 11) is -4.11. The first-order valence-corrected chi connectivity index (χ1v) is 17.9. The standard InChI is InChI=1S/C36H26F2N8O2S2/c37-32(38)33-41-42-34(49-33)46-30-20-27(50(47,48)44-35(22-39)18-19-35)16-17-28(30)31(43-46)29-21-45(23-40-29)36(24-10-4-1-5-11-24,25-12-6-2-7-13-25)26-14-8-3-9-15-26/h1-17,20-21,23,32,44H,18-19H2. The first-order chi connectivity index (χ1) is 24.2. The Hall–Kier alpha value is -5.62. The second-order valence-corrected chi connectivity index (χ2v) is 14.6. The molecule has 0 radical (unpaired) electrons. The highest BCUT2D eigenvalue weighted by Gasteiger charge is 2.47. The van der Waals surface area contributed by atoms with Gasteiger partial charge in [0.1, 0.15) is 22.5 Å². The Balaban J connectivity index is 1.33. The van der Waals surface area contributed by atoms with Gasteiger partial charge in [-0.1, -0.05) is 102 Å². The number of imidazole rings is 1. The molecule has 0 saturated heterocycles. The molecule has 1 aliphatic carbocycles. The van der Waals surface area contributed by atoms with E-state index in [0.717, 1.165) is 16.7 Å². The summed E-state index contributed by atoms with van der Waals surface area (Å²) in [6.07, 6.45) is 1.58. The highest BCUT2D eigenvalue weighted by molar-refractivity contribution is 7.89. The molecule has 0 unspecified atom stereocenters. The number of aromatic nitrogens is 6. The minimum atomic E-state index is -4.11. The van der Waals surface area contributed by atoms with E-state index in [1.54, 1.807) is 12.4 Å². The molecule has 4 aromatic carbocycles. The van der Waals surface area contributed by atoms with Crippen LogP contribution in [0.4, 0.5) is 8.78 Å². The van der Waals surface area contributed by atoms with Crippen molar-refractivity contribution in [1.82, 2.24) is 34.3 Å². The molecule has 10 nitrogen and oxygen atoms in total.